The molecule has 0 unspecified atom stereocenters. The lowest BCUT2D eigenvalue weighted by molar-refractivity contribution is 0.304. The number of benzene rings is 1. The Labute approximate surface area is 141 Å². The third-order valence-electron chi connectivity index (χ3n) is 3.80. The molecule has 0 aliphatic rings. The van der Waals surface area contributed by atoms with Gasteiger partial charge in [-0.2, -0.15) is 5.10 Å². The molecule has 0 bridgehead atoms. The molecule has 0 radical (unpaired) electrons. The summed E-state index contributed by atoms with van der Waals surface area (Å²) in [6.45, 7) is 1.43. The number of aromatic nitrogens is 3. The van der Waals surface area contributed by atoms with Gasteiger partial charge in [-0.15, -0.1) is 0 Å². The maximum Gasteiger partial charge on any atom is 0.126 e. The van der Waals surface area contributed by atoms with Crippen molar-refractivity contribution in [1.82, 2.24) is 14.8 Å². The largest absolute Gasteiger partial charge is 0.395 e. The third-order valence-corrected chi connectivity index (χ3v) is 3.80. The molecule has 0 saturated heterocycles. The number of nitrogens with one attached hydrogen (secondary N) is 1. The number of rotatable bonds is 7. The van der Waals surface area contributed by atoms with Gasteiger partial charge < -0.3 is 15.3 Å². The molecule has 6 nitrogen and oxygen atoms in total. The van der Waals surface area contributed by atoms with E-state index in [0.29, 0.717) is 13.1 Å². The van der Waals surface area contributed by atoms with Gasteiger partial charge in [0, 0.05) is 32.5 Å². The predicted octanol–water partition coefficient (Wildman–Crippen LogP) is 2.31. The predicted molar refractivity (Wildman–Crippen MR) is 95.5 cm³/mol. The van der Waals surface area contributed by atoms with E-state index in [0.717, 1.165) is 17.2 Å². The molecular weight excluding hydrogens is 302 g/mol. The Hall–Kier alpha value is -2.86. The lowest BCUT2D eigenvalue weighted by Gasteiger charge is -2.17. The van der Waals surface area contributed by atoms with E-state index in [1.807, 2.05) is 53.2 Å². The van der Waals surface area contributed by atoms with Gasteiger partial charge in [0.05, 0.1) is 24.2 Å². The second kappa shape index (κ2) is 7.61. The Bertz CT molecular complexity index is 738. The van der Waals surface area contributed by atoms with Gasteiger partial charge in [-0.25, -0.2) is 9.67 Å². The molecule has 0 saturated carbocycles. The first kappa shape index (κ1) is 16.0. The summed E-state index contributed by atoms with van der Waals surface area (Å²) in [6.07, 6.45) is 5.49. The van der Waals surface area contributed by atoms with Crippen LogP contribution in [-0.2, 0) is 6.54 Å². The van der Waals surface area contributed by atoms with Crippen molar-refractivity contribution in [2.24, 2.45) is 0 Å². The molecule has 6 heteroatoms. The summed E-state index contributed by atoms with van der Waals surface area (Å²) in [6, 6.07) is 14.1. The SMILES string of the molecule is CN(CCO)c1ccc(NCc2ccc(-n3cccn3)cc2)nc1. The van der Waals surface area contributed by atoms with E-state index < -0.39 is 0 Å². The van der Waals surface area contributed by atoms with Gasteiger partial charge in [-0.05, 0) is 35.9 Å². The molecular formula is C18H21N5O. The lowest BCUT2D eigenvalue weighted by atomic mass is 10.2. The average Bonchev–Trinajstić information content (AvgIpc) is 3.16. The molecule has 1 aromatic carbocycles. The number of hydrogen-bond donors (Lipinski definition) is 2. The highest BCUT2D eigenvalue weighted by atomic mass is 16.3. The summed E-state index contributed by atoms with van der Waals surface area (Å²) in [4.78, 5) is 6.37. The monoisotopic (exact) mass is 323 g/mol. The summed E-state index contributed by atoms with van der Waals surface area (Å²) in [5.41, 5.74) is 3.20. The molecule has 0 amide bonds. The molecule has 3 aromatic rings. The van der Waals surface area contributed by atoms with Crippen LogP contribution in [-0.4, -0.2) is 40.1 Å². The molecule has 0 fully saturated rings. The van der Waals surface area contributed by atoms with Crippen LogP contribution in [0.15, 0.2) is 61.1 Å². The number of pyridine rings is 1. The van der Waals surface area contributed by atoms with Gasteiger partial charge in [0.15, 0.2) is 0 Å². The molecule has 0 spiro atoms. The van der Waals surface area contributed by atoms with Crippen molar-refractivity contribution in [3.05, 3.63) is 66.6 Å². The Morgan fingerprint density at radius 3 is 2.62 bits per heavy atom. The van der Waals surface area contributed by atoms with Gasteiger partial charge in [0.1, 0.15) is 5.82 Å². The van der Waals surface area contributed by atoms with Crippen LogP contribution in [0, 0.1) is 0 Å². The summed E-state index contributed by atoms with van der Waals surface area (Å²) in [5, 5.41) is 16.5. The normalized spacial score (nSPS) is 10.6. The average molecular weight is 323 g/mol. The Kier molecular flexibility index (Phi) is 5.08. The quantitative estimate of drug-likeness (QED) is 0.698. The minimum atomic E-state index is 0.130. The van der Waals surface area contributed by atoms with Crippen LogP contribution < -0.4 is 10.2 Å². The van der Waals surface area contributed by atoms with Crippen molar-refractivity contribution < 1.29 is 5.11 Å². The summed E-state index contributed by atoms with van der Waals surface area (Å²) >= 11 is 0. The van der Waals surface area contributed by atoms with Crippen molar-refractivity contribution in [1.29, 1.82) is 0 Å². The molecule has 0 aliphatic carbocycles. The molecule has 2 N–H and O–H groups in total. The first-order valence-corrected chi connectivity index (χ1v) is 7.87. The zero-order valence-corrected chi connectivity index (χ0v) is 13.6. The maximum absolute atomic E-state index is 8.96. The number of hydrogen-bond acceptors (Lipinski definition) is 5. The molecule has 2 heterocycles. The maximum atomic E-state index is 8.96. The fourth-order valence-electron chi connectivity index (χ4n) is 2.38. The Morgan fingerprint density at radius 2 is 2.00 bits per heavy atom. The van der Waals surface area contributed by atoms with E-state index in [4.69, 9.17) is 5.11 Å². The van der Waals surface area contributed by atoms with Crippen molar-refractivity contribution >= 4 is 11.5 Å². The van der Waals surface area contributed by atoms with E-state index in [2.05, 4.69) is 27.5 Å². The highest BCUT2D eigenvalue weighted by molar-refractivity contribution is 5.49. The molecule has 124 valence electrons. The highest BCUT2D eigenvalue weighted by Gasteiger charge is 2.02. The fourth-order valence-corrected chi connectivity index (χ4v) is 2.38. The number of nitrogens with zero attached hydrogens (tertiary/aromatic N) is 4. The van der Waals surface area contributed by atoms with Crippen molar-refractivity contribution in [2.45, 2.75) is 6.54 Å². The molecule has 0 atom stereocenters. The third kappa shape index (κ3) is 3.91. The van der Waals surface area contributed by atoms with Crippen LogP contribution in [0.25, 0.3) is 5.69 Å². The number of aliphatic hydroxyl groups is 1. The smallest absolute Gasteiger partial charge is 0.126 e. The van der Waals surface area contributed by atoms with Crippen LogP contribution in [0.1, 0.15) is 5.56 Å². The molecule has 3 rings (SSSR count). The van der Waals surface area contributed by atoms with Crippen LogP contribution in [0.5, 0.6) is 0 Å². The Morgan fingerprint density at radius 1 is 1.17 bits per heavy atom. The minimum absolute atomic E-state index is 0.130. The van der Waals surface area contributed by atoms with Crippen molar-refractivity contribution in [3.8, 4) is 5.69 Å². The topological polar surface area (TPSA) is 66.2 Å². The highest BCUT2D eigenvalue weighted by Crippen LogP contribution is 2.15. The second-order valence-corrected chi connectivity index (χ2v) is 5.52. The molecule has 24 heavy (non-hydrogen) atoms. The van der Waals surface area contributed by atoms with Crippen LogP contribution >= 0.6 is 0 Å². The minimum Gasteiger partial charge on any atom is -0.395 e. The summed E-state index contributed by atoms with van der Waals surface area (Å²) < 4.78 is 1.83. The van der Waals surface area contributed by atoms with Crippen LogP contribution in [0.2, 0.25) is 0 Å². The van der Waals surface area contributed by atoms with Gasteiger partial charge in [0.25, 0.3) is 0 Å². The van der Waals surface area contributed by atoms with Crippen LogP contribution in [0.3, 0.4) is 0 Å². The second-order valence-electron chi connectivity index (χ2n) is 5.52. The zero-order valence-electron chi connectivity index (χ0n) is 13.6. The van der Waals surface area contributed by atoms with E-state index in [-0.39, 0.29) is 6.61 Å². The van der Waals surface area contributed by atoms with Gasteiger partial charge in [-0.1, -0.05) is 12.1 Å². The van der Waals surface area contributed by atoms with Crippen LogP contribution in [0.4, 0.5) is 11.5 Å². The molecule has 0 aliphatic heterocycles. The zero-order chi connectivity index (χ0) is 16.8. The fraction of sp³-hybridized carbons (Fsp3) is 0.222. The Balaban J connectivity index is 1.57. The number of anilines is 2. The van der Waals surface area contributed by atoms with E-state index in [1.54, 1.807) is 12.4 Å². The van der Waals surface area contributed by atoms with Crippen molar-refractivity contribution in [3.63, 3.8) is 0 Å². The number of aliphatic hydroxyl groups excluding tert-OH is 1. The molecule has 2 aromatic heterocycles. The summed E-state index contributed by atoms with van der Waals surface area (Å²) in [7, 11) is 1.93. The van der Waals surface area contributed by atoms with E-state index in [1.165, 1.54) is 5.56 Å². The number of likely N-dealkylation sites (N-methyl/N-ethyl adjacent to an activating group) is 1. The first-order chi connectivity index (χ1) is 11.8. The van der Waals surface area contributed by atoms with Gasteiger partial charge in [-0.3, -0.25) is 0 Å². The van der Waals surface area contributed by atoms with E-state index >= 15 is 0 Å². The summed E-state index contributed by atoms with van der Waals surface area (Å²) in [5.74, 6) is 0.826. The lowest BCUT2D eigenvalue weighted by Crippen LogP contribution is -2.21. The van der Waals surface area contributed by atoms with Crippen molar-refractivity contribution in [2.75, 3.05) is 30.4 Å². The standard InChI is InChI=1S/C18H21N5O/c1-22(11-12-24)17-7-8-18(20-14-17)19-13-15-3-5-16(6-4-15)23-10-2-9-21-23/h2-10,14,24H,11-13H2,1H3,(H,19,20). The van der Waals surface area contributed by atoms with E-state index in [9.17, 15) is 0 Å². The van der Waals surface area contributed by atoms with Gasteiger partial charge >= 0.3 is 0 Å². The van der Waals surface area contributed by atoms with Gasteiger partial charge in [0.2, 0.25) is 0 Å². The first-order valence-electron chi connectivity index (χ1n) is 7.87.